The fraction of sp³-hybridized carbons (Fsp3) is 0.167. The molecule has 0 saturated carbocycles. The second kappa shape index (κ2) is 4.75. The number of benzene rings is 1. The van der Waals surface area contributed by atoms with Crippen LogP contribution in [0, 0.1) is 5.82 Å². The molecule has 78 valence electrons. The summed E-state index contributed by atoms with van der Waals surface area (Å²) < 4.78 is 18.1. The second-order valence-electron chi connectivity index (χ2n) is 3.33. The van der Waals surface area contributed by atoms with E-state index in [0.717, 1.165) is 5.56 Å². The Balaban J connectivity index is 1.86. The number of hydrogen-bond acceptors (Lipinski definition) is 2. The zero-order valence-corrected chi connectivity index (χ0v) is 8.24. The van der Waals surface area contributed by atoms with Crippen molar-refractivity contribution in [3.63, 3.8) is 0 Å². The predicted octanol–water partition coefficient (Wildman–Crippen LogP) is 2.71. The summed E-state index contributed by atoms with van der Waals surface area (Å²) in [5.41, 5.74) is 1.74. The molecule has 0 saturated heterocycles. The minimum absolute atomic E-state index is 0.169. The summed E-state index contributed by atoms with van der Waals surface area (Å²) in [7, 11) is 0. The highest BCUT2D eigenvalue weighted by molar-refractivity contribution is 5.17. The van der Waals surface area contributed by atoms with Crippen LogP contribution in [0.2, 0.25) is 0 Å². The first-order valence-corrected chi connectivity index (χ1v) is 4.81. The summed E-state index contributed by atoms with van der Waals surface area (Å²) in [5.74, 6) is -0.169. The van der Waals surface area contributed by atoms with E-state index in [1.54, 1.807) is 24.7 Å². The van der Waals surface area contributed by atoms with Crippen LogP contribution in [0.25, 0.3) is 0 Å². The molecule has 1 N–H and O–H groups in total. The Morgan fingerprint density at radius 2 is 2.00 bits per heavy atom. The first kappa shape index (κ1) is 9.93. The van der Waals surface area contributed by atoms with Crippen molar-refractivity contribution in [3.05, 3.63) is 59.8 Å². The lowest BCUT2D eigenvalue weighted by molar-refractivity contribution is 0.557. The third-order valence-electron chi connectivity index (χ3n) is 2.18. The van der Waals surface area contributed by atoms with Gasteiger partial charge in [-0.2, -0.15) is 0 Å². The second-order valence-corrected chi connectivity index (χ2v) is 3.33. The van der Waals surface area contributed by atoms with Gasteiger partial charge in [-0.15, -0.1) is 0 Å². The first-order chi connectivity index (χ1) is 7.36. The molecule has 0 spiro atoms. The molecule has 0 bridgehead atoms. The fourth-order valence-corrected chi connectivity index (χ4v) is 1.38. The Morgan fingerprint density at radius 3 is 2.73 bits per heavy atom. The maximum atomic E-state index is 13.2. The molecule has 1 aromatic carbocycles. The van der Waals surface area contributed by atoms with Gasteiger partial charge in [-0.05, 0) is 12.1 Å². The number of hydrogen-bond donors (Lipinski definition) is 1. The van der Waals surface area contributed by atoms with Crippen LogP contribution in [0.15, 0.2) is 47.3 Å². The van der Waals surface area contributed by atoms with Crippen LogP contribution in [0.4, 0.5) is 4.39 Å². The van der Waals surface area contributed by atoms with Gasteiger partial charge in [0, 0.05) is 24.2 Å². The van der Waals surface area contributed by atoms with Gasteiger partial charge in [0.1, 0.15) is 5.82 Å². The van der Waals surface area contributed by atoms with Gasteiger partial charge in [0.05, 0.1) is 12.5 Å². The summed E-state index contributed by atoms with van der Waals surface area (Å²) in [6.45, 7) is 1.21. The molecule has 0 aliphatic carbocycles. The molecule has 2 nitrogen and oxygen atoms in total. The zero-order valence-electron chi connectivity index (χ0n) is 8.24. The SMILES string of the molecule is Fc1ccccc1CNCc1ccoc1. The molecule has 3 heteroatoms. The van der Waals surface area contributed by atoms with Crippen LogP contribution < -0.4 is 5.32 Å². The Morgan fingerprint density at radius 1 is 1.13 bits per heavy atom. The molecule has 15 heavy (non-hydrogen) atoms. The van der Waals surface area contributed by atoms with Crippen LogP contribution in [-0.2, 0) is 13.1 Å². The van der Waals surface area contributed by atoms with E-state index < -0.39 is 0 Å². The van der Waals surface area contributed by atoms with Crippen LogP contribution in [0.3, 0.4) is 0 Å². The number of halogens is 1. The molecule has 0 aliphatic heterocycles. The summed E-state index contributed by atoms with van der Waals surface area (Å²) in [4.78, 5) is 0. The minimum Gasteiger partial charge on any atom is -0.472 e. The summed E-state index contributed by atoms with van der Waals surface area (Å²) in [6, 6.07) is 8.65. The molecular weight excluding hydrogens is 193 g/mol. The van der Waals surface area contributed by atoms with Crippen molar-refractivity contribution in [3.8, 4) is 0 Å². The lowest BCUT2D eigenvalue weighted by Crippen LogP contribution is -2.13. The van der Waals surface area contributed by atoms with Crippen LogP contribution >= 0.6 is 0 Å². The number of furan rings is 1. The molecule has 0 fully saturated rings. The number of rotatable bonds is 4. The smallest absolute Gasteiger partial charge is 0.127 e. The molecule has 0 aliphatic rings. The molecule has 0 unspecified atom stereocenters. The maximum absolute atomic E-state index is 13.2. The molecular formula is C12H12FNO. The Labute approximate surface area is 87.7 Å². The van der Waals surface area contributed by atoms with E-state index >= 15 is 0 Å². The van der Waals surface area contributed by atoms with Gasteiger partial charge in [0.25, 0.3) is 0 Å². The summed E-state index contributed by atoms with van der Waals surface area (Å²) in [5, 5.41) is 3.14. The van der Waals surface area contributed by atoms with E-state index in [4.69, 9.17) is 4.42 Å². The predicted molar refractivity (Wildman–Crippen MR) is 55.7 cm³/mol. The highest BCUT2D eigenvalue weighted by atomic mass is 19.1. The van der Waals surface area contributed by atoms with Crippen molar-refractivity contribution in [1.82, 2.24) is 5.32 Å². The van der Waals surface area contributed by atoms with E-state index in [1.165, 1.54) is 6.07 Å². The molecule has 0 amide bonds. The van der Waals surface area contributed by atoms with Gasteiger partial charge in [-0.3, -0.25) is 0 Å². The van der Waals surface area contributed by atoms with E-state index in [9.17, 15) is 4.39 Å². The first-order valence-electron chi connectivity index (χ1n) is 4.81. The lowest BCUT2D eigenvalue weighted by Gasteiger charge is -2.03. The normalized spacial score (nSPS) is 10.5. The molecule has 0 atom stereocenters. The van der Waals surface area contributed by atoms with Crippen molar-refractivity contribution in [1.29, 1.82) is 0 Å². The third kappa shape index (κ3) is 2.67. The van der Waals surface area contributed by atoms with E-state index in [-0.39, 0.29) is 5.82 Å². The van der Waals surface area contributed by atoms with Crippen molar-refractivity contribution in [2.45, 2.75) is 13.1 Å². The van der Waals surface area contributed by atoms with Crippen molar-refractivity contribution in [2.75, 3.05) is 0 Å². The summed E-state index contributed by atoms with van der Waals surface area (Å²) >= 11 is 0. The van der Waals surface area contributed by atoms with Gasteiger partial charge in [0.15, 0.2) is 0 Å². The van der Waals surface area contributed by atoms with Crippen molar-refractivity contribution < 1.29 is 8.81 Å². The number of nitrogens with one attached hydrogen (secondary N) is 1. The lowest BCUT2D eigenvalue weighted by atomic mass is 10.2. The highest BCUT2D eigenvalue weighted by Crippen LogP contribution is 2.06. The van der Waals surface area contributed by atoms with Gasteiger partial charge in [0.2, 0.25) is 0 Å². The topological polar surface area (TPSA) is 25.2 Å². The Bertz CT molecular complexity index is 411. The quantitative estimate of drug-likeness (QED) is 0.830. The monoisotopic (exact) mass is 205 g/mol. The largest absolute Gasteiger partial charge is 0.472 e. The average Bonchev–Trinajstić information content (AvgIpc) is 2.74. The van der Waals surface area contributed by atoms with Gasteiger partial charge in [-0.1, -0.05) is 18.2 Å². The molecule has 1 heterocycles. The van der Waals surface area contributed by atoms with E-state index in [1.807, 2.05) is 12.1 Å². The Hall–Kier alpha value is -1.61. The van der Waals surface area contributed by atoms with Crippen molar-refractivity contribution in [2.24, 2.45) is 0 Å². The fourth-order valence-electron chi connectivity index (χ4n) is 1.38. The maximum Gasteiger partial charge on any atom is 0.127 e. The van der Waals surface area contributed by atoms with Gasteiger partial charge < -0.3 is 9.73 Å². The van der Waals surface area contributed by atoms with Crippen LogP contribution in [-0.4, -0.2) is 0 Å². The van der Waals surface area contributed by atoms with Crippen LogP contribution in [0.5, 0.6) is 0 Å². The van der Waals surface area contributed by atoms with Crippen molar-refractivity contribution >= 4 is 0 Å². The van der Waals surface area contributed by atoms with E-state index in [2.05, 4.69) is 5.32 Å². The van der Waals surface area contributed by atoms with Gasteiger partial charge in [-0.25, -0.2) is 4.39 Å². The molecule has 2 aromatic rings. The molecule has 1 aromatic heterocycles. The molecule has 0 radical (unpaired) electrons. The Kier molecular flexibility index (Phi) is 3.15. The third-order valence-corrected chi connectivity index (χ3v) is 2.18. The van der Waals surface area contributed by atoms with E-state index in [0.29, 0.717) is 18.7 Å². The minimum atomic E-state index is -0.169. The zero-order chi connectivity index (χ0) is 10.5. The summed E-state index contributed by atoms with van der Waals surface area (Å²) in [6.07, 6.45) is 3.30. The van der Waals surface area contributed by atoms with Gasteiger partial charge >= 0.3 is 0 Å². The van der Waals surface area contributed by atoms with Crippen LogP contribution in [0.1, 0.15) is 11.1 Å². The average molecular weight is 205 g/mol. The highest BCUT2D eigenvalue weighted by Gasteiger charge is 1.99. The molecule has 2 rings (SSSR count). The standard InChI is InChI=1S/C12H12FNO/c13-12-4-2-1-3-11(12)8-14-7-10-5-6-15-9-10/h1-6,9,14H,7-8H2.